The van der Waals surface area contributed by atoms with Crippen LogP contribution in [0.1, 0.15) is 18.1 Å². The number of hydrogen-bond acceptors (Lipinski definition) is 4. The number of rotatable bonds is 3. The Morgan fingerprint density at radius 1 is 1.29 bits per heavy atom. The molecular weight excluding hydrogens is 214 g/mol. The molecular formula is C13H15N3O. The van der Waals surface area contributed by atoms with Crippen LogP contribution in [0, 0.1) is 6.92 Å². The molecule has 0 saturated carbocycles. The van der Waals surface area contributed by atoms with Crippen molar-refractivity contribution in [3.63, 3.8) is 0 Å². The molecule has 0 amide bonds. The van der Waals surface area contributed by atoms with Crippen LogP contribution in [-0.4, -0.2) is 10.2 Å². The Bertz CT molecular complexity index is 526. The van der Waals surface area contributed by atoms with Crippen molar-refractivity contribution >= 4 is 5.69 Å². The highest BCUT2D eigenvalue weighted by atomic mass is 16.5. The molecule has 0 spiro atoms. The van der Waals surface area contributed by atoms with Crippen LogP contribution >= 0.6 is 0 Å². The Balaban J connectivity index is 2.24. The molecule has 1 aromatic carbocycles. The Kier molecular flexibility index (Phi) is 3.23. The van der Waals surface area contributed by atoms with E-state index in [1.54, 1.807) is 6.20 Å². The van der Waals surface area contributed by atoms with Crippen LogP contribution in [0.4, 0.5) is 5.69 Å². The molecule has 0 fully saturated rings. The van der Waals surface area contributed by atoms with E-state index in [0.717, 1.165) is 12.0 Å². The Morgan fingerprint density at radius 3 is 2.76 bits per heavy atom. The number of ether oxygens (including phenoxy) is 1. The molecule has 1 heterocycles. The van der Waals surface area contributed by atoms with Gasteiger partial charge in [-0.15, -0.1) is 5.10 Å². The van der Waals surface area contributed by atoms with Crippen LogP contribution in [0.25, 0.3) is 0 Å². The largest absolute Gasteiger partial charge is 0.435 e. The average molecular weight is 229 g/mol. The molecule has 0 atom stereocenters. The van der Waals surface area contributed by atoms with Crippen molar-refractivity contribution in [3.8, 4) is 11.6 Å². The molecule has 0 unspecified atom stereocenters. The van der Waals surface area contributed by atoms with Gasteiger partial charge in [-0.1, -0.05) is 13.0 Å². The number of aryl methyl sites for hydroxylation is 2. The van der Waals surface area contributed by atoms with Crippen LogP contribution in [-0.2, 0) is 6.42 Å². The summed E-state index contributed by atoms with van der Waals surface area (Å²) in [7, 11) is 0. The summed E-state index contributed by atoms with van der Waals surface area (Å²) in [6.45, 7) is 4.02. The van der Waals surface area contributed by atoms with E-state index in [9.17, 15) is 0 Å². The van der Waals surface area contributed by atoms with Crippen molar-refractivity contribution in [1.82, 2.24) is 10.2 Å². The van der Waals surface area contributed by atoms with E-state index in [1.165, 1.54) is 5.56 Å². The van der Waals surface area contributed by atoms with Gasteiger partial charge in [0.2, 0.25) is 5.88 Å². The molecule has 0 saturated heterocycles. The molecule has 4 heteroatoms. The topological polar surface area (TPSA) is 61.0 Å². The molecule has 4 nitrogen and oxygen atoms in total. The van der Waals surface area contributed by atoms with Gasteiger partial charge in [0.05, 0.1) is 11.9 Å². The fraction of sp³-hybridized carbons (Fsp3) is 0.231. The lowest BCUT2D eigenvalue weighted by molar-refractivity contribution is 0.456. The quantitative estimate of drug-likeness (QED) is 0.822. The zero-order valence-corrected chi connectivity index (χ0v) is 9.97. The van der Waals surface area contributed by atoms with Crippen molar-refractivity contribution in [1.29, 1.82) is 0 Å². The molecule has 0 aliphatic carbocycles. The minimum absolute atomic E-state index is 0.459. The standard InChI is InChI=1S/C13H15N3O/c1-3-10-4-5-12(11(14)7-10)17-13-6-9(2)8-15-16-13/h4-8H,3,14H2,1-2H3. The van der Waals surface area contributed by atoms with E-state index >= 15 is 0 Å². The lowest BCUT2D eigenvalue weighted by atomic mass is 10.1. The van der Waals surface area contributed by atoms with Crippen LogP contribution in [0.3, 0.4) is 0 Å². The maximum Gasteiger partial charge on any atom is 0.239 e. The second-order valence-electron chi connectivity index (χ2n) is 3.90. The van der Waals surface area contributed by atoms with Gasteiger partial charge < -0.3 is 10.5 Å². The molecule has 1 aromatic heterocycles. The predicted molar refractivity (Wildman–Crippen MR) is 67.1 cm³/mol. The first-order chi connectivity index (χ1) is 8.19. The van der Waals surface area contributed by atoms with Gasteiger partial charge in [0.1, 0.15) is 0 Å². The first kappa shape index (κ1) is 11.4. The van der Waals surface area contributed by atoms with E-state index in [4.69, 9.17) is 10.5 Å². The van der Waals surface area contributed by atoms with E-state index in [1.807, 2.05) is 31.2 Å². The van der Waals surface area contributed by atoms with Crippen molar-refractivity contribution in [3.05, 3.63) is 41.6 Å². The molecule has 17 heavy (non-hydrogen) atoms. The average Bonchev–Trinajstić information content (AvgIpc) is 2.32. The van der Waals surface area contributed by atoms with E-state index < -0.39 is 0 Å². The van der Waals surface area contributed by atoms with Gasteiger partial charge in [-0.3, -0.25) is 0 Å². The zero-order chi connectivity index (χ0) is 12.3. The first-order valence-electron chi connectivity index (χ1n) is 5.54. The van der Waals surface area contributed by atoms with Crippen LogP contribution in [0.2, 0.25) is 0 Å². The number of benzene rings is 1. The van der Waals surface area contributed by atoms with Crippen LogP contribution in [0.15, 0.2) is 30.5 Å². The highest BCUT2D eigenvalue weighted by molar-refractivity contribution is 5.55. The molecule has 2 rings (SSSR count). The Labute approximate surface area is 100 Å². The summed E-state index contributed by atoms with van der Waals surface area (Å²) in [6, 6.07) is 7.59. The Morgan fingerprint density at radius 2 is 2.12 bits per heavy atom. The van der Waals surface area contributed by atoms with Gasteiger partial charge in [0, 0.05) is 6.07 Å². The summed E-state index contributed by atoms with van der Waals surface area (Å²) in [5, 5.41) is 7.72. The minimum atomic E-state index is 0.459. The second kappa shape index (κ2) is 4.82. The highest BCUT2D eigenvalue weighted by Crippen LogP contribution is 2.27. The third-order valence-electron chi connectivity index (χ3n) is 2.47. The summed E-state index contributed by atoms with van der Waals surface area (Å²) < 4.78 is 5.59. The normalized spacial score (nSPS) is 10.2. The van der Waals surface area contributed by atoms with Crippen LogP contribution in [0.5, 0.6) is 11.6 Å². The van der Waals surface area contributed by atoms with E-state index in [0.29, 0.717) is 17.3 Å². The molecule has 2 N–H and O–H groups in total. The number of aromatic nitrogens is 2. The van der Waals surface area contributed by atoms with Crippen molar-refractivity contribution < 1.29 is 4.74 Å². The van der Waals surface area contributed by atoms with E-state index in [2.05, 4.69) is 17.1 Å². The summed E-state index contributed by atoms with van der Waals surface area (Å²) in [5.41, 5.74) is 8.71. The monoisotopic (exact) mass is 229 g/mol. The Hall–Kier alpha value is -2.10. The molecule has 0 radical (unpaired) electrons. The van der Waals surface area contributed by atoms with Gasteiger partial charge in [-0.05, 0) is 36.6 Å². The lowest BCUT2D eigenvalue weighted by Gasteiger charge is -2.08. The number of nitrogens with zero attached hydrogens (tertiary/aromatic N) is 2. The fourth-order valence-corrected chi connectivity index (χ4v) is 1.51. The van der Waals surface area contributed by atoms with Crippen LogP contribution < -0.4 is 10.5 Å². The van der Waals surface area contributed by atoms with Gasteiger partial charge in [-0.2, -0.15) is 5.10 Å². The smallest absolute Gasteiger partial charge is 0.239 e. The van der Waals surface area contributed by atoms with Crippen molar-refractivity contribution in [2.24, 2.45) is 0 Å². The number of nitrogens with two attached hydrogens (primary N) is 1. The minimum Gasteiger partial charge on any atom is -0.435 e. The lowest BCUT2D eigenvalue weighted by Crippen LogP contribution is -1.96. The van der Waals surface area contributed by atoms with Gasteiger partial charge in [0.25, 0.3) is 0 Å². The SMILES string of the molecule is CCc1ccc(Oc2cc(C)cnn2)c(N)c1. The summed E-state index contributed by atoms with van der Waals surface area (Å²) in [5.74, 6) is 1.07. The van der Waals surface area contributed by atoms with Gasteiger partial charge in [0.15, 0.2) is 5.75 Å². The summed E-state index contributed by atoms with van der Waals surface area (Å²) >= 11 is 0. The predicted octanol–water partition coefficient (Wildman–Crippen LogP) is 2.72. The maximum absolute atomic E-state index is 5.91. The van der Waals surface area contributed by atoms with Crippen molar-refractivity contribution in [2.45, 2.75) is 20.3 Å². The third kappa shape index (κ3) is 2.72. The molecule has 0 bridgehead atoms. The summed E-state index contributed by atoms with van der Waals surface area (Å²) in [4.78, 5) is 0. The fourth-order valence-electron chi connectivity index (χ4n) is 1.51. The van der Waals surface area contributed by atoms with Crippen molar-refractivity contribution in [2.75, 3.05) is 5.73 Å². The number of hydrogen-bond donors (Lipinski definition) is 1. The second-order valence-corrected chi connectivity index (χ2v) is 3.90. The third-order valence-corrected chi connectivity index (χ3v) is 2.47. The molecule has 0 aliphatic rings. The van der Waals surface area contributed by atoms with Gasteiger partial charge >= 0.3 is 0 Å². The zero-order valence-electron chi connectivity index (χ0n) is 9.97. The number of anilines is 1. The first-order valence-corrected chi connectivity index (χ1v) is 5.54. The summed E-state index contributed by atoms with van der Waals surface area (Å²) in [6.07, 6.45) is 2.63. The highest BCUT2D eigenvalue weighted by Gasteiger charge is 2.04. The van der Waals surface area contributed by atoms with E-state index in [-0.39, 0.29) is 0 Å². The van der Waals surface area contributed by atoms with Gasteiger partial charge in [-0.25, -0.2) is 0 Å². The maximum atomic E-state index is 5.91. The molecule has 0 aliphatic heterocycles. The molecule has 2 aromatic rings. The number of nitrogen functional groups attached to an aromatic ring is 1. The molecule has 88 valence electrons.